The molecule has 0 spiro atoms. The lowest BCUT2D eigenvalue weighted by Crippen LogP contribution is -2.59. The zero-order valence-corrected chi connectivity index (χ0v) is 21.7. The van der Waals surface area contributed by atoms with Gasteiger partial charge in [-0.3, -0.25) is 14.5 Å². The number of fused-ring (bicyclic) bond motifs is 3. The van der Waals surface area contributed by atoms with Crippen LogP contribution in [0.15, 0.2) is 24.3 Å². The summed E-state index contributed by atoms with van der Waals surface area (Å²) in [6.07, 6.45) is 1.44. The fourth-order valence-corrected chi connectivity index (χ4v) is 6.26. The topological polar surface area (TPSA) is 106 Å². The molecule has 10 heteroatoms. The molecule has 3 heterocycles. The van der Waals surface area contributed by atoms with Crippen LogP contribution in [0.2, 0.25) is 0 Å². The second kappa shape index (κ2) is 9.28. The van der Waals surface area contributed by atoms with Crippen molar-refractivity contribution in [1.82, 2.24) is 20.0 Å². The quantitative estimate of drug-likeness (QED) is 0.629. The van der Waals surface area contributed by atoms with Crippen molar-refractivity contribution in [3.8, 4) is 6.07 Å². The van der Waals surface area contributed by atoms with Crippen molar-refractivity contribution in [2.45, 2.75) is 88.8 Å². The number of carbonyl (C=O) groups is 3. The first-order valence-electron chi connectivity index (χ1n) is 13.0. The molecular weight excluding hydrogens is 477 g/mol. The smallest absolute Gasteiger partial charge is 0.408 e. The highest BCUT2D eigenvalue weighted by Crippen LogP contribution is 2.48. The Morgan fingerprint density at radius 2 is 2.03 bits per heavy atom. The molecule has 9 nitrogen and oxygen atoms in total. The van der Waals surface area contributed by atoms with Crippen molar-refractivity contribution in [2.75, 3.05) is 13.1 Å². The molecule has 3 saturated heterocycles. The molecule has 1 aromatic rings. The monoisotopic (exact) mass is 511 g/mol. The number of nitrogens with one attached hydrogen (secondary N) is 1. The Labute approximate surface area is 216 Å². The third kappa shape index (κ3) is 4.89. The Morgan fingerprint density at radius 3 is 2.68 bits per heavy atom. The van der Waals surface area contributed by atoms with Crippen LogP contribution in [0.3, 0.4) is 0 Å². The molecule has 2 bridgehead atoms. The molecule has 1 unspecified atom stereocenters. The number of benzene rings is 1. The van der Waals surface area contributed by atoms with E-state index in [1.54, 1.807) is 31.7 Å². The summed E-state index contributed by atoms with van der Waals surface area (Å²) in [5, 5.41) is 12.3. The molecule has 0 radical (unpaired) electrons. The van der Waals surface area contributed by atoms with Gasteiger partial charge >= 0.3 is 6.09 Å². The molecule has 5 rings (SSSR count). The minimum Gasteiger partial charge on any atom is -0.444 e. The maximum Gasteiger partial charge on any atom is 0.408 e. The zero-order valence-electron chi connectivity index (χ0n) is 21.7. The minimum absolute atomic E-state index is 0.0411. The predicted octanol–water partition coefficient (Wildman–Crippen LogP) is 2.58. The number of alkyl carbamates (subject to hydrolysis) is 1. The van der Waals surface area contributed by atoms with Crippen LogP contribution < -0.4 is 5.32 Å². The Morgan fingerprint density at radius 1 is 1.27 bits per heavy atom. The molecule has 7 atom stereocenters. The Bertz CT molecular complexity index is 1150. The maximum absolute atomic E-state index is 13.8. The van der Waals surface area contributed by atoms with Gasteiger partial charge in [0, 0.05) is 25.2 Å². The molecule has 198 valence electrons. The fraction of sp³-hybridized carbons (Fsp3) is 0.630. The number of nitrogens with zero attached hydrogens (tertiary/aromatic N) is 4. The third-order valence-corrected chi connectivity index (χ3v) is 7.98. The second-order valence-corrected chi connectivity index (χ2v) is 11.7. The molecule has 4 fully saturated rings. The van der Waals surface area contributed by atoms with Crippen LogP contribution in [0.25, 0.3) is 0 Å². The fourth-order valence-electron chi connectivity index (χ4n) is 6.26. The van der Waals surface area contributed by atoms with Crippen molar-refractivity contribution < 1.29 is 23.5 Å². The van der Waals surface area contributed by atoms with Crippen molar-refractivity contribution >= 4 is 17.9 Å². The molecule has 1 aliphatic carbocycles. The highest BCUT2D eigenvalue weighted by molar-refractivity contribution is 5.89. The van der Waals surface area contributed by atoms with Crippen LogP contribution in [0.1, 0.15) is 58.6 Å². The van der Waals surface area contributed by atoms with Crippen molar-refractivity contribution in [1.29, 1.82) is 5.26 Å². The summed E-state index contributed by atoms with van der Waals surface area (Å²) < 4.78 is 19.2. The number of nitriles is 1. The maximum atomic E-state index is 13.8. The number of amides is 3. The van der Waals surface area contributed by atoms with Gasteiger partial charge in [-0.2, -0.15) is 5.26 Å². The van der Waals surface area contributed by atoms with E-state index in [0.29, 0.717) is 25.3 Å². The highest BCUT2D eigenvalue weighted by atomic mass is 19.1. The lowest BCUT2D eigenvalue weighted by atomic mass is 10.1. The minimum atomic E-state index is -0.939. The summed E-state index contributed by atoms with van der Waals surface area (Å²) >= 11 is 0. The van der Waals surface area contributed by atoms with Crippen LogP contribution in [0.5, 0.6) is 0 Å². The summed E-state index contributed by atoms with van der Waals surface area (Å²) in [6, 6.07) is 6.36. The predicted molar refractivity (Wildman–Crippen MR) is 131 cm³/mol. The molecule has 1 N–H and O–H groups in total. The molecule has 0 aromatic heterocycles. The van der Waals surface area contributed by atoms with Gasteiger partial charge < -0.3 is 19.9 Å². The molecular formula is C27H34FN5O4. The van der Waals surface area contributed by atoms with E-state index in [9.17, 15) is 24.0 Å². The van der Waals surface area contributed by atoms with Gasteiger partial charge in [0.1, 0.15) is 23.5 Å². The number of carbonyl (C=O) groups excluding carboxylic acids is 3. The van der Waals surface area contributed by atoms with Gasteiger partial charge in [0.05, 0.1) is 18.2 Å². The van der Waals surface area contributed by atoms with E-state index in [4.69, 9.17) is 4.74 Å². The Kier molecular flexibility index (Phi) is 6.39. The van der Waals surface area contributed by atoms with Crippen molar-refractivity contribution in [2.24, 2.45) is 5.92 Å². The SMILES string of the molecule is C[C@@H](c1cccc(F)c1)N1C(=O)[C@@H]2CC1CN2C[C@H](NC(=O)OC(C)(C)C)C(=O)N1[C@H](C#N)C[C@@H]2C[C@@H]21. The van der Waals surface area contributed by atoms with Gasteiger partial charge in [0.2, 0.25) is 11.8 Å². The molecule has 37 heavy (non-hydrogen) atoms. The Hall–Kier alpha value is -3.19. The normalized spacial score (nSPS) is 30.1. The van der Waals surface area contributed by atoms with Gasteiger partial charge in [0.25, 0.3) is 0 Å². The summed E-state index contributed by atoms with van der Waals surface area (Å²) in [5.74, 6) is -0.358. The number of halogens is 1. The number of hydrogen-bond acceptors (Lipinski definition) is 6. The first-order valence-corrected chi connectivity index (χ1v) is 13.0. The van der Waals surface area contributed by atoms with E-state index in [1.165, 1.54) is 12.1 Å². The summed E-state index contributed by atoms with van der Waals surface area (Å²) in [5.41, 5.74) is 0.000812. The highest BCUT2D eigenvalue weighted by Gasteiger charge is 2.56. The number of likely N-dealkylation sites (tertiary alicyclic amines) is 3. The van der Waals surface area contributed by atoms with Crippen LogP contribution in [0, 0.1) is 23.1 Å². The average molecular weight is 512 g/mol. The van der Waals surface area contributed by atoms with Crippen LogP contribution >= 0.6 is 0 Å². The summed E-state index contributed by atoms with van der Waals surface area (Å²) in [4.78, 5) is 45.1. The summed E-state index contributed by atoms with van der Waals surface area (Å²) in [7, 11) is 0. The first-order chi connectivity index (χ1) is 17.5. The number of ether oxygens (including phenoxy) is 1. The van der Waals surface area contributed by atoms with E-state index >= 15 is 0 Å². The first kappa shape index (κ1) is 25.5. The van der Waals surface area contributed by atoms with Crippen molar-refractivity contribution in [3.05, 3.63) is 35.6 Å². The van der Waals surface area contributed by atoms with Gasteiger partial charge in [-0.05, 0) is 70.6 Å². The van der Waals surface area contributed by atoms with E-state index in [2.05, 4.69) is 11.4 Å². The van der Waals surface area contributed by atoms with E-state index < -0.39 is 29.8 Å². The molecule has 4 aliphatic rings. The standard InChI is InChI=1S/C27H34FN5O4/c1-15(16-6-5-7-18(28)8-16)32-20-11-23(25(32)35)31(13-20)14-21(30-26(36)37-27(2,3)4)24(34)33-19(12-29)9-17-10-22(17)33/h5-8,15,17,19-23H,9-11,13-14H2,1-4H3,(H,30,36)/t15-,17+,19-,20?,21-,22-,23-/m0/s1. The second-order valence-electron chi connectivity index (χ2n) is 11.7. The van der Waals surface area contributed by atoms with Crippen LogP contribution in [0.4, 0.5) is 9.18 Å². The molecule has 3 amide bonds. The zero-order chi connectivity index (χ0) is 26.6. The van der Waals surface area contributed by atoms with Gasteiger partial charge in [-0.15, -0.1) is 0 Å². The van der Waals surface area contributed by atoms with E-state index in [-0.39, 0.29) is 42.3 Å². The molecule has 1 saturated carbocycles. The number of rotatable bonds is 6. The number of hydrogen-bond donors (Lipinski definition) is 1. The van der Waals surface area contributed by atoms with Crippen LogP contribution in [-0.4, -0.2) is 81.5 Å². The van der Waals surface area contributed by atoms with E-state index in [1.807, 2.05) is 22.8 Å². The largest absolute Gasteiger partial charge is 0.444 e. The van der Waals surface area contributed by atoms with Crippen molar-refractivity contribution in [3.63, 3.8) is 0 Å². The lowest BCUT2D eigenvalue weighted by molar-refractivity contribution is -0.141. The number of piperazine rings is 1. The molecule has 3 aliphatic heterocycles. The lowest BCUT2D eigenvalue weighted by Gasteiger charge is -2.39. The van der Waals surface area contributed by atoms with E-state index in [0.717, 1.165) is 12.0 Å². The van der Waals surface area contributed by atoms with Gasteiger partial charge in [-0.1, -0.05) is 12.1 Å². The number of piperidine rings is 1. The van der Waals surface area contributed by atoms with Gasteiger partial charge in [0.15, 0.2) is 0 Å². The summed E-state index contributed by atoms with van der Waals surface area (Å²) in [6.45, 7) is 7.84. The van der Waals surface area contributed by atoms with Crippen LogP contribution in [-0.2, 0) is 14.3 Å². The third-order valence-electron chi connectivity index (χ3n) is 7.98. The molecule has 1 aromatic carbocycles. The van der Waals surface area contributed by atoms with Gasteiger partial charge in [-0.25, -0.2) is 9.18 Å². The average Bonchev–Trinajstić information content (AvgIpc) is 3.15. The Balaban J connectivity index is 1.31.